The third kappa shape index (κ3) is 2.37. The van der Waals surface area contributed by atoms with Crippen LogP contribution < -0.4 is 0 Å². The molecule has 1 aliphatic heterocycles. The van der Waals surface area contributed by atoms with Crippen LogP contribution in [0.1, 0.15) is 59.3 Å². The second kappa shape index (κ2) is 5.61. The third-order valence-corrected chi connectivity index (χ3v) is 13.5. The summed E-state index contributed by atoms with van der Waals surface area (Å²) < 4.78 is 6.68. The summed E-state index contributed by atoms with van der Waals surface area (Å²) in [5, 5.41) is 0.231. The van der Waals surface area contributed by atoms with Gasteiger partial charge in [0.1, 0.15) is 0 Å². The molecule has 4 fully saturated rings. The van der Waals surface area contributed by atoms with E-state index in [-0.39, 0.29) is 5.04 Å². The number of likely N-dealkylation sites (tertiary alicyclic amines) is 1. The van der Waals surface area contributed by atoms with Crippen LogP contribution >= 0.6 is 0 Å². The Hall–Kier alpha value is -0.288. The molecule has 0 radical (unpaired) electrons. The molecule has 1 saturated heterocycles. The Bertz CT molecular complexity index is 575. The third-order valence-electron chi connectivity index (χ3n) is 8.96. The summed E-state index contributed by atoms with van der Waals surface area (Å²) in [5.41, 5.74) is 0.454. The van der Waals surface area contributed by atoms with Gasteiger partial charge in [0.05, 0.1) is 12.6 Å². The van der Waals surface area contributed by atoms with Crippen molar-refractivity contribution < 1.29 is 9.22 Å². The molecule has 1 amide bonds. The summed E-state index contributed by atoms with van der Waals surface area (Å²) in [7, 11) is 0.0217. The molecule has 6 atom stereocenters. The smallest absolute Gasteiger partial charge is 0.215 e. The molecule has 0 N–H and O–H groups in total. The molecule has 0 aromatic heterocycles. The first-order valence-electron chi connectivity index (χ1n) is 10.5. The van der Waals surface area contributed by atoms with Gasteiger partial charge in [0.2, 0.25) is 7.85 Å². The van der Waals surface area contributed by atoms with Crippen LogP contribution in [0.2, 0.25) is 18.1 Å². The normalized spacial score (nSPS) is 42.8. The lowest BCUT2D eigenvalue weighted by atomic mass is 9.64. The molecule has 5 heteroatoms. The summed E-state index contributed by atoms with van der Waals surface area (Å²) in [6.45, 7) is 12.4. The highest BCUT2D eigenvalue weighted by molar-refractivity contribution is 6.74. The van der Waals surface area contributed by atoms with Crippen molar-refractivity contribution in [2.24, 2.45) is 23.2 Å². The predicted molar refractivity (Wildman–Crippen MR) is 107 cm³/mol. The lowest BCUT2D eigenvalue weighted by molar-refractivity contribution is 0.0909. The van der Waals surface area contributed by atoms with Gasteiger partial charge in [-0.25, -0.2) is 0 Å². The average Bonchev–Trinajstić information content (AvgIpc) is 3.20. The Labute approximate surface area is 155 Å². The number of hydrogen-bond donors (Lipinski definition) is 0. The van der Waals surface area contributed by atoms with E-state index in [1.807, 2.05) is 0 Å². The minimum atomic E-state index is -1.78. The molecule has 2 bridgehead atoms. The molecular formula is C20H36BNO2Si. The summed E-state index contributed by atoms with van der Waals surface area (Å²) in [6, 6.07) is 0.852. The van der Waals surface area contributed by atoms with Crippen LogP contribution in [-0.4, -0.2) is 45.6 Å². The van der Waals surface area contributed by atoms with Gasteiger partial charge in [-0.15, -0.1) is 0 Å². The Morgan fingerprint density at radius 3 is 2.64 bits per heavy atom. The molecule has 4 rings (SSSR count). The fraction of sp³-hybridized carbons (Fsp3) is 0.950. The maximum Gasteiger partial charge on any atom is 0.215 e. The minimum absolute atomic E-state index is 0.231. The van der Waals surface area contributed by atoms with Crippen LogP contribution in [0.4, 0.5) is 4.79 Å². The number of hydrogen-bond acceptors (Lipinski definition) is 2. The molecule has 3 aliphatic carbocycles. The SMILES string of the molecule is BC(=O)N1C2CCCC23C2CCC(C2)C3[C@H]1CO[Si](C)(C)C(C)(C)C. The van der Waals surface area contributed by atoms with Crippen molar-refractivity contribution in [1.82, 2.24) is 4.90 Å². The van der Waals surface area contributed by atoms with Crippen LogP contribution in [0, 0.1) is 23.2 Å². The van der Waals surface area contributed by atoms with E-state index < -0.39 is 8.32 Å². The standard InChI is InChI=1S/C20H36BNO2Si/c1-19(2,3)25(4,5)24-12-15-17-13-8-9-14(11-13)20(17)10-6-7-16(20)22(15)18(21)23/h13-17H,6-12,21H2,1-5H3/t13?,14?,15-,16?,17?,20?/m1/s1. The second-order valence-corrected chi connectivity index (χ2v) is 15.7. The zero-order valence-corrected chi connectivity index (χ0v) is 18.1. The van der Waals surface area contributed by atoms with Gasteiger partial charge in [-0.2, -0.15) is 0 Å². The van der Waals surface area contributed by atoms with Gasteiger partial charge in [0.15, 0.2) is 14.1 Å². The van der Waals surface area contributed by atoms with Crippen molar-refractivity contribution in [2.45, 2.75) is 89.5 Å². The summed E-state index contributed by atoms with van der Waals surface area (Å²) in [5.74, 6) is 2.74. The van der Waals surface area contributed by atoms with Crippen molar-refractivity contribution in [3.05, 3.63) is 0 Å². The first kappa shape index (κ1) is 18.1. The summed E-state index contributed by atoms with van der Waals surface area (Å²) in [4.78, 5) is 15.0. The molecule has 0 aromatic carbocycles. The van der Waals surface area contributed by atoms with E-state index in [1.165, 1.54) is 38.5 Å². The molecule has 1 heterocycles. The molecule has 140 valence electrons. The van der Waals surface area contributed by atoms with Gasteiger partial charge in [0, 0.05) is 6.04 Å². The van der Waals surface area contributed by atoms with Gasteiger partial charge in [-0.1, -0.05) is 27.2 Å². The molecule has 5 unspecified atom stereocenters. The van der Waals surface area contributed by atoms with Gasteiger partial charge >= 0.3 is 0 Å². The lowest BCUT2D eigenvalue weighted by Crippen LogP contribution is -2.49. The monoisotopic (exact) mass is 361 g/mol. The highest BCUT2D eigenvalue weighted by Gasteiger charge is 2.71. The van der Waals surface area contributed by atoms with Gasteiger partial charge in [0.25, 0.3) is 0 Å². The van der Waals surface area contributed by atoms with Crippen LogP contribution in [0.3, 0.4) is 0 Å². The fourth-order valence-corrected chi connectivity index (χ4v) is 8.09. The van der Waals surface area contributed by atoms with Crippen molar-refractivity contribution in [3.63, 3.8) is 0 Å². The molecule has 25 heavy (non-hydrogen) atoms. The van der Waals surface area contributed by atoms with E-state index >= 15 is 0 Å². The van der Waals surface area contributed by atoms with E-state index in [0.717, 1.165) is 18.4 Å². The number of carbonyl (C=O) groups is 1. The maximum atomic E-state index is 12.7. The molecule has 3 saturated carbocycles. The van der Waals surface area contributed by atoms with Crippen LogP contribution in [0.15, 0.2) is 0 Å². The van der Waals surface area contributed by atoms with Crippen LogP contribution in [0.5, 0.6) is 0 Å². The summed E-state index contributed by atoms with van der Waals surface area (Å²) in [6.07, 6.45) is 8.17. The fourth-order valence-electron chi connectivity index (χ4n) is 7.07. The zero-order valence-electron chi connectivity index (χ0n) is 17.1. The Morgan fingerprint density at radius 2 is 2.00 bits per heavy atom. The Morgan fingerprint density at radius 1 is 1.28 bits per heavy atom. The van der Waals surface area contributed by atoms with Gasteiger partial charge in [-0.3, -0.25) is 4.79 Å². The van der Waals surface area contributed by atoms with Crippen LogP contribution in [0.25, 0.3) is 0 Å². The Kier molecular flexibility index (Phi) is 4.06. The van der Waals surface area contributed by atoms with E-state index in [9.17, 15) is 4.79 Å². The zero-order chi connectivity index (χ0) is 18.2. The molecule has 1 spiro atoms. The van der Waals surface area contributed by atoms with E-state index in [2.05, 4.69) is 38.8 Å². The largest absolute Gasteiger partial charge is 0.415 e. The molecular weight excluding hydrogens is 325 g/mol. The van der Waals surface area contributed by atoms with Crippen molar-refractivity contribution >= 4 is 22.0 Å². The predicted octanol–water partition coefficient (Wildman–Crippen LogP) is 4.03. The number of rotatable bonds is 3. The number of amides is 1. The molecule has 0 aromatic rings. The first-order valence-corrected chi connectivity index (χ1v) is 13.4. The van der Waals surface area contributed by atoms with Crippen molar-refractivity contribution in [3.8, 4) is 0 Å². The van der Waals surface area contributed by atoms with E-state index in [4.69, 9.17) is 4.43 Å². The average molecular weight is 361 g/mol. The van der Waals surface area contributed by atoms with Crippen LogP contribution in [-0.2, 0) is 4.43 Å². The Balaban J connectivity index is 1.63. The van der Waals surface area contributed by atoms with E-state index in [1.54, 1.807) is 7.85 Å². The maximum absolute atomic E-state index is 12.7. The highest BCUT2D eigenvalue weighted by Crippen LogP contribution is 2.71. The molecule has 4 aliphatic rings. The number of nitrogens with zero attached hydrogens (tertiary/aromatic N) is 1. The van der Waals surface area contributed by atoms with Gasteiger partial charge in [-0.05, 0) is 73.4 Å². The van der Waals surface area contributed by atoms with Crippen molar-refractivity contribution in [2.75, 3.05) is 6.61 Å². The number of fused-ring (bicyclic) bond motifs is 3. The second-order valence-electron chi connectivity index (χ2n) is 10.9. The quantitative estimate of drug-likeness (QED) is 0.711. The number of carbonyl (C=O) groups excluding carboxylic acids is 1. The van der Waals surface area contributed by atoms with E-state index in [0.29, 0.717) is 29.2 Å². The van der Waals surface area contributed by atoms with Gasteiger partial charge < -0.3 is 9.33 Å². The summed E-state index contributed by atoms with van der Waals surface area (Å²) >= 11 is 0. The first-order chi connectivity index (χ1) is 11.6. The van der Waals surface area contributed by atoms with Crippen molar-refractivity contribution in [1.29, 1.82) is 0 Å². The lowest BCUT2D eigenvalue weighted by Gasteiger charge is -2.41. The minimum Gasteiger partial charge on any atom is -0.415 e. The highest BCUT2D eigenvalue weighted by atomic mass is 28.4. The topological polar surface area (TPSA) is 29.5 Å². The molecule has 3 nitrogen and oxygen atoms in total.